The zero-order chi connectivity index (χ0) is 10.7. The lowest BCUT2D eigenvalue weighted by atomic mass is 10.1. The standard InChI is InChI=1S/C8H9BrN2O3/c1-14-7-3-2-6(11(12)13)8(10)5(7)4-9/h2-3H,4,10H2,1H3. The molecule has 5 nitrogen and oxygen atoms in total. The minimum absolute atomic E-state index is 0.0970. The zero-order valence-corrected chi connectivity index (χ0v) is 9.08. The molecule has 2 N–H and O–H groups in total. The van der Waals surface area contributed by atoms with E-state index < -0.39 is 4.92 Å². The largest absolute Gasteiger partial charge is 0.496 e. The van der Waals surface area contributed by atoms with Crippen LogP contribution < -0.4 is 10.5 Å². The van der Waals surface area contributed by atoms with Gasteiger partial charge in [0.25, 0.3) is 5.69 Å². The van der Waals surface area contributed by atoms with Gasteiger partial charge >= 0.3 is 0 Å². The first kappa shape index (κ1) is 10.8. The van der Waals surface area contributed by atoms with Crippen molar-refractivity contribution < 1.29 is 9.66 Å². The molecule has 0 aromatic heterocycles. The van der Waals surface area contributed by atoms with Crippen LogP contribution in [-0.2, 0) is 5.33 Å². The molecule has 0 saturated heterocycles. The van der Waals surface area contributed by atoms with Crippen molar-refractivity contribution in [2.45, 2.75) is 5.33 Å². The molecule has 0 bridgehead atoms. The summed E-state index contributed by atoms with van der Waals surface area (Å²) in [4.78, 5) is 10.0. The van der Waals surface area contributed by atoms with Gasteiger partial charge in [0.15, 0.2) is 0 Å². The fraction of sp³-hybridized carbons (Fsp3) is 0.250. The summed E-state index contributed by atoms with van der Waals surface area (Å²) in [5.41, 5.74) is 6.27. The number of benzene rings is 1. The molecule has 0 radical (unpaired) electrons. The SMILES string of the molecule is COc1ccc([N+](=O)[O-])c(N)c1CBr. The molecule has 0 aliphatic carbocycles. The molecule has 1 aromatic rings. The number of methoxy groups -OCH3 is 1. The Bertz CT molecular complexity index is 368. The molecule has 0 aliphatic heterocycles. The Kier molecular flexibility index (Phi) is 3.29. The molecule has 6 heteroatoms. The number of nitrogen functional groups attached to an aromatic ring is 1. The molecule has 1 rings (SSSR count). The van der Waals surface area contributed by atoms with Crippen LogP contribution in [-0.4, -0.2) is 12.0 Å². The van der Waals surface area contributed by atoms with E-state index in [4.69, 9.17) is 10.5 Å². The van der Waals surface area contributed by atoms with Crippen LogP contribution in [0.2, 0.25) is 0 Å². The lowest BCUT2D eigenvalue weighted by Crippen LogP contribution is -2.01. The second-order valence-electron chi connectivity index (χ2n) is 2.57. The monoisotopic (exact) mass is 260 g/mol. The Morgan fingerprint density at radius 2 is 2.29 bits per heavy atom. The highest BCUT2D eigenvalue weighted by Gasteiger charge is 2.17. The highest BCUT2D eigenvalue weighted by Crippen LogP contribution is 2.33. The van der Waals surface area contributed by atoms with Crippen LogP contribution in [0.5, 0.6) is 5.75 Å². The summed E-state index contributed by atoms with van der Waals surface area (Å²) in [6, 6.07) is 2.87. The van der Waals surface area contributed by atoms with E-state index in [1.807, 2.05) is 0 Å². The zero-order valence-electron chi connectivity index (χ0n) is 7.49. The van der Waals surface area contributed by atoms with E-state index in [0.717, 1.165) is 0 Å². The lowest BCUT2D eigenvalue weighted by Gasteiger charge is -2.08. The maximum atomic E-state index is 10.6. The third kappa shape index (κ3) is 1.79. The number of rotatable bonds is 3. The average Bonchev–Trinajstić information content (AvgIpc) is 2.16. The van der Waals surface area contributed by atoms with E-state index in [2.05, 4.69) is 15.9 Å². The highest BCUT2D eigenvalue weighted by molar-refractivity contribution is 9.08. The number of nitro benzene ring substituents is 1. The number of nitrogens with zero attached hydrogens (tertiary/aromatic N) is 1. The van der Waals surface area contributed by atoms with Crippen LogP contribution in [0.15, 0.2) is 12.1 Å². The Morgan fingerprint density at radius 1 is 1.64 bits per heavy atom. The first-order chi connectivity index (χ1) is 6.61. The summed E-state index contributed by atoms with van der Waals surface area (Å²) in [6.45, 7) is 0. The van der Waals surface area contributed by atoms with Crippen molar-refractivity contribution in [3.63, 3.8) is 0 Å². The van der Waals surface area contributed by atoms with Gasteiger partial charge in [0.1, 0.15) is 11.4 Å². The Morgan fingerprint density at radius 3 is 2.71 bits per heavy atom. The summed E-state index contributed by atoms with van der Waals surface area (Å²) in [5.74, 6) is 0.546. The van der Waals surface area contributed by atoms with E-state index in [-0.39, 0.29) is 11.4 Å². The summed E-state index contributed by atoms with van der Waals surface area (Å²) in [7, 11) is 1.49. The van der Waals surface area contributed by atoms with Crippen molar-refractivity contribution in [2.24, 2.45) is 0 Å². The van der Waals surface area contributed by atoms with Crippen molar-refractivity contribution in [3.8, 4) is 5.75 Å². The number of anilines is 1. The number of ether oxygens (including phenoxy) is 1. The third-order valence-electron chi connectivity index (χ3n) is 1.84. The van der Waals surface area contributed by atoms with Gasteiger partial charge in [0.2, 0.25) is 0 Å². The molecule has 0 heterocycles. The molecule has 0 fully saturated rings. The summed E-state index contributed by atoms with van der Waals surface area (Å²) in [6.07, 6.45) is 0. The summed E-state index contributed by atoms with van der Waals surface area (Å²) < 4.78 is 5.02. The van der Waals surface area contributed by atoms with Crippen molar-refractivity contribution >= 4 is 27.3 Å². The van der Waals surface area contributed by atoms with Gasteiger partial charge in [-0.3, -0.25) is 10.1 Å². The van der Waals surface area contributed by atoms with Crippen LogP contribution in [0, 0.1) is 10.1 Å². The third-order valence-corrected chi connectivity index (χ3v) is 2.40. The van der Waals surface area contributed by atoms with Gasteiger partial charge in [0.05, 0.1) is 12.0 Å². The Balaban J connectivity index is 3.34. The van der Waals surface area contributed by atoms with E-state index in [1.165, 1.54) is 19.2 Å². The highest BCUT2D eigenvalue weighted by atomic mass is 79.9. The van der Waals surface area contributed by atoms with Gasteiger partial charge in [-0.15, -0.1) is 0 Å². The van der Waals surface area contributed by atoms with E-state index >= 15 is 0 Å². The van der Waals surface area contributed by atoms with Crippen LogP contribution in [0.3, 0.4) is 0 Å². The predicted molar refractivity (Wildman–Crippen MR) is 56.7 cm³/mol. The number of hydrogen-bond donors (Lipinski definition) is 1. The van der Waals surface area contributed by atoms with Gasteiger partial charge in [-0.1, -0.05) is 15.9 Å². The lowest BCUT2D eigenvalue weighted by molar-refractivity contribution is -0.383. The Hall–Kier alpha value is -1.30. The van der Waals surface area contributed by atoms with Crippen molar-refractivity contribution in [1.82, 2.24) is 0 Å². The molecule has 0 atom stereocenters. The summed E-state index contributed by atoms with van der Waals surface area (Å²) in [5, 5.41) is 11.0. The van der Waals surface area contributed by atoms with Gasteiger partial charge in [-0.05, 0) is 6.07 Å². The van der Waals surface area contributed by atoms with Crippen LogP contribution in [0.25, 0.3) is 0 Å². The van der Waals surface area contributed by atoms with Gasteiger partial charge < -0.3 is 10.5 Å². The first-order valence-electron chi connectivity index (χ1n) is 3.77. The van der Waals surface area contributed by atoms with E-state index in [9.17, 15) is 10.1 Å². The van der Waals surface area contributed by atoms with Crippen molar-refractivity contribution in [2.75, 3.05) is 12.8 Å². The van der Waals surface area contributed by atoms with Gasteiger partial charge in [-0.25, -0.2) is 0 Å². The number of halogens is 1. The fourth-order valence-corrected chi connectivity index (χ4v) is 1.70. The second-order valence-corrected chi connectivity index (χ2v) is 3.13. The maximum Gasteiger partial charge on any atom is 0.292 e. The number of hydrogen-bond acceptors (Lipinski definition) is 4. The molecule has 0 spiro atoms. The van der Waals surface area contributed by atoms with E-state index in [0.29, 0.717) is 16.6 Å². The van der Waals surface area contributed by atoms with E-state index in [1.54, 1.807) is 0 Å². The molecule has 0 saturated carbocycles. The maximum absolute atomic E-state index is 10.6. The molecule has 0 unspecified atom stereocenters. The molecule has 76 valence electrons. The molecule has 0 aliphatic rings. The minimum atomic E-state index is -0.513. The number of alkyl halides is 1. The molecule has 14 heavy (non-hydrogen) atoms. The van der Waals surface area contributed by atoms with Crippen LogP contribution in [0.1, 0.15) is 5.56 Å². The topological polar surface area (TPSA) is 78.4 Å². The number of nitrogens with two attached hydrogens (primary N) is 1. The first-order valence-corrected chi connectivity index (χ1v) is 4.89. The predicted octanol–water partition coefficient (Wildman–Crippen LogP) is 2.08. The fourth-order valence-electron chi connectivity index (χ4n) is 1.12. The summed E-state index contributed by atoms with van der Waals surface area (Å²) >= 11 is 3.20. The van der Waals surface area contributed by atoms with Gasteiger partial charge in [-0.2, -0.15) is 0 Å². The van der Waals surface area contributed by atoms with Crippen LogP contribution >= 0.6 is 15.9 Å². The second kappa shape index (κ2) is 4.28. The molecular weight excluding hydrogens is 252 g/mol. The number of nitro groups is 1. The molecule has 1 aromatic carbocycles. The van der Waals surface area contributed by atoms with Crippen molar-refractivity contribution in [1.29, 1.82) is 0 Å². The normalized spacial score (nSPS) is 9.86. The smallest absolute Gasteiger partial charge is 0.292 e. The minimum Gasteiger partial charge on any atom is -0.496 e. The molecule has 0 amide bonds. The Labute approximate surface area is 89.1 Å². The van der Waals surface area contributed by atoms with Crippen molar-refractivity contribution in [3.05, 3.63) is 27.8 Å². The average molecular weight is 261 g/mol. The van der Waals surface area contributed by atoms with Crippen LogP contribution in [0.4, 0.5) is 11.4 Å². The quantitative estimate of drug-likeness (QED) is 0.391. The van der Waals surface area contributed by atoms with Gasteiger partial charge in [0, 0.05) is 17.0 Å². The molecular formula is C8H9BrN2O3.